The van der Waals surface area contributed by atoms with Crippen LogP contribution < -0.4 is 39.5 Å². The van der Waals surface area contributed by atoms with E-state index in [-0.39, 0.29) is 97.3 Å². The minimum absolute atomic E-state index is 0.0272. The predicted molar refractivity (Wildman–Crippen MR) is 475 cm³/mol. The van der Waals surface area contributed by atoms with Crippen LogP contribution in [0.1, 0.15) is 5.56 Å². The van der Waals surface area contributed by atoms with Crippen molar-refractivity contribution in [2.24, 2.45) is 0 Å². The van der Waals surface area contributed by atoms with E-state index in [1.807, 2.05) is 133 Å². The zero-order valence-corrected chi connectivity index (χ0v) is 66.0. The number of pyridine rings is 2. The number of H-pyrrole nitrogens is 2. The Morgan fingerprint density at radius 1 is 0.307 bits per heavy atom. The molecule has 0 saturated heterocycles. The summed E-state index contributed by atoms with van der Waals surface area (Å²) in [5.41, 5.74) is 37.6. The Morgan fingerprint density at radius 2 is 0.787 bits per heavy atom. The molecule has 127 heavy (non-hydrogen) atoms. The largest absolute Gasteiger partial charge is 0.508 e. The molecule has 0 radical (unpaired) electrons. The molecule has 37 heteroatoms. The minimum Gasteiger partial charge on any atom is -0.508 e. The highest BCUT2D eigenvalue weighted by atomic mass is 16.3. The number of nitrogens with one attached hydrogen (secondary N) is 3. The van der Waals surface area contributed by atoms with Gasteiger partial charge >= 0.3 is 5.69 Å². The molecule has 0 saturated carbocycles. The van der Waals surface area contributed by atoms with E-state index in [2.05, 4.69) is 115 Å². The van der Waals surface area contributed by atoms with Gasteiger partial charge in [-0.2, -0.15) is 9.97 Å². The number of phenols is 8. The van der Waals surface area contributed by atoms with Gasteiger partial charge in [-0.1, -0.05) is 127 Å². The second-order valence-electron chi connectivity index (χ2n) is 27.5. The first kappa shape index (κ1) is 81.9. The van der Waals surface area contributed by atoms with Crippen molar-refractivity contribution in [2.45, 2.75) is 6.42 Å². The second kappa shape index (κ2) is 36.4. The van der Waals surface area contributed by atoms with Gasteiger partial charge in [0.1, 0.15) is 41.9 Å². The quantitative estimate of drug-likeness (QED) is 0.0477. The molecule has 0 atom stereocenters. The Hall–Kier alpha value is -18.8. The van der Waals surface area contributed by atoms with Gasteiger partial charge in [0.15, 0.2) is 114 Å². The standard InChI is InChI=1S/C20H17N5O2.C18H14N6O4.C18H13N5O2.C18H12N4O2.C16H11N7/c26-16-7-6-13(10-17(16)27)8-9-21-19-18-20(24-12-23-19)22-11-15(25-18)14-4-2-1-3-5-14;19-16-15-17(24-18(20)23-16)22-14(8-2-4-10(26)12(28)6-8)13(21-15)7-1-3-9(25)11(27)5-7;19-17-16-18(21-9-20-17)23-15(11-4-2-6-13(25)8-11)14(22-16)10-3-1-5-12(24)7-10;23-17-15-16(21-18(24)22-17)20-14(12-9-5-2-6-10-12)13(19-15)11-7-3-1-4-8-11;17-15-14-16(21-9-20-15)23-13(11-5-1-2-7-19-11)12(22-14)10-4-3-6-18-8-10/h1-7,10-12,26-27H,8-9H2,(H,21,22,23,24);1-6,25-28H,(H4,19,20,22,23,24);1-9,24-25H,(H2,19,20,21,23);1-10H,(H2,20,21,22,23,24);1-9H,(H2,17,20,21,23). The highest BCUT2D eigenvalue weighted by molar-refractivity contribution is 5.93. The summed E-state index contributed by atoms with van der Waals surface area (Å²) in [7, 11) is 0. The van der Waals surface area contributed by atoms with Crippen molar-refractivity contribution in [3.8, 4) is 147 Å². The van der Waals surface area contributed by atoms with E-state index >= 15 is 0 Å². The fraction of sp³-hybridized carbons (Fsp3) is 0.0222. The number of nitrogens with zero attached hydrogens (tertiary/aromatic N) is 20. The summed E-state index contributed by atoms with van der Waals surface area (Å²) in [4.78, 5) is 115. The normalized spacial score (nSPS) is 10.9. The fourth-order valence-electron chi connectivity index (χ4n) is 13.0. The topological polar surface area (TPSA) is 601 Å². The maximum absolute atomic E-state index is 12.1. The number of benzene rings is 8. The van der Waals surface area contributed by atoms with Crippen molar-refractivity contribution in [3.05, 3.63) is 295 Å². The third-order valence-electron chi connectivity index (χ3n) is 19.0. The van der Waals surface area contributed by atoms with Crippen LogP contribution >= 0.6 is 0 Å². The molecule has 0 bridgehead atoms. The molecule has 12 heterocycles. The van der Waals surface area contributed by atoms with E-state index in [9.17, 15) is 50.4 Å². The highest BCUT2D eigenvalue weighted by Gasteiger charge is 2.23. The van der Waals surface area contributed by atoms with Crippen molar-refractivity contribution < 1.29 is 40.9 Å². The second-order valence-corrected chi connectivity index (χ2v) is 27.5. The number of fused-ring (bicyclic) bond motifs is 5. The minimum atomic E-state index is -0.603. The van der Waals surface area contributed by atoms with Gasteiger partial charge in [0.05, 0.1) is 51.7 Å². The number of nitrogens with two attached hydrogens (primary N) is 4. The Labute approximate surface area is 715 Å². The Kier molecular flexibility index (Phi) is 23.5. The summed E-state index contributed by atoms with van der Waals surface area (Å²) in [6.45, 7) is 0.577. The van der Waals surface area contributed by atoms with Crippen LogP contribution in [0.4, 0.5) is 29.2 Å². The molecule has 20 rings (SSSR count). The zero-order valence-electron chi connectivity index (χ0n) is 66.0. The molecule has 0 aliphatic carbocycles. The molecule has 0 spiro atoms. The van der Waals surface area contributed by atoms with Crippen LogP contribution in [-0.4, -0.2) is 157 Å². The van der Waals surface area contributed by atoms with Crippen molar-refractivity contribution in [3.63, 3.8) is 0 Å². The third kappa shape index (κ3) is 18.5. The number of hydrogen-bond donors (Lipinski definition) is 15. The van der Waals surface area contributed by atoms with E-state index in [0.717, 1.165) is 33.5 Å². The summed E-state index contributed by atoms with van der Waals surface area (Å²) < 4.78 is 0. The number of rotatable bonds is 13. The first-order chi connectivity index (χ1) is 61.7. The van der Waals surface area contributed by atoms with Gasteiger partial charge in [0.25, 0.3) is 5.56 Å². The van der Waals surface area contributed by atoms with E-state index in [4.69, 9.17) is 22.9 Å². The number of aromatic amines is 2. The lowest BCUT2D eigenvalue weighted by molar-refractivity contribution is 0.403. The van der Waals surface area contributed by atoms with Gasteiger partial charge < -0.3 is 69.1 Å². The van der Waals surface area contributed by atoms with Gasteiger partial charge in [0, 0.05) is 69.6 Å². The predicted octanol–water partition coefficient (Wildman–Crippen LogP) is 12.1. The number of nitrogen functional groups attached to an aromatic ring is 4. The summed E-state index contributed by atoms with van der Waals surface area (Å²) in [6, 6.07) is 64.7. The molecule has 19 N–H and O–H groups in total. The van der Waals surface area contributed by atoms with Crippen LogP contribution in [0, 0.1) is 0 Å². The van der Waals surface area contributed by atoms with E-state index in [1.165, 1.54) is 61.4 Å². The van der Waals surface area contributed by atoms with Gasteiger partial charge in [-0.25, -0.2) is 84.5 Å². The molecular formula is C90H67N27O10. The van der Waals surface area contributed by atoms with Crippen LogP contribution in [0.3, 0.4) is 0 Å². The highest BCUT2D eigenvalue weighted by Crippen LogP contribution is 2.41. The summed E-state index contributed by atoms with van der Waals surface area (Å²) in [5, 5.41) is 80.8. The monoisotopic (exact) mass is 1690 g/mol. The average molecular weight is 1690 g/mol. The van der Waals surface area contributed by atoms with Crippen molar-refractivity contribution >= 4 is 85.0 Å². The third-order valence-corrected chi connectivity index (χ3v) is 19.0. The van der Waals surface area contributed by atoms with E-state index in [0.29, 0.717) is 120 Å². The summed E-state index contributed by atoms with van der Waals surface area (Å²) in [5.74, 6) is -0.240. The maximum Gasteiger partial charge on any atom is 0.327 e. The molecular weight excluding hydrogens is 1620 g/mol. The maximum atomic E-state index is 12.1. The van der Waals surface area contributed by atoms with Crippen LogP contribution in [0.15, 0.2) is 278 Å². The molecule has 12 aromatic heterocycles. The summed E-state index contributed by atoms with van der Waals surface area (Å²) in [6.07, 6.45) is 11.6. The lowest BCUT2D eigenvalue weighted by atomic mass is 10.0. The Morgan fingerprint density at radius 3 is 1.35 bits per heavy atom. The first-order valence-corrected chi connectivity index (χ1v) is 38.3. The molecule has 622 valence electrons. The molecule has 0 fully saturated rings. The van der Waals surface area contributed by atoms with Crippen LogP contribution in [-0.2, 0) is 6.42 Å². The molecule has 0 aliphatic rings. The first-order valence-electron chi connectivity index (χ1n) is 38.3. The van der Waals surface area contributed by atoms with Crippen LogP contribution in [0.2, 0.25) is 0 Å². The van der Waals surface area contributed by atoms with Crippen molar-refractivity contribution in [1.82, 2.24) is 110 Å². The van der Waals surface area contributed by atoms with Crippen LogP contribution in [0.5, 0.6) is 46.0 Å². The Bertz CT molecular complexity index is 7620. The molecule has 37 nitrogen and oxygen atoms in total. The molecule has 0 aliphatic heterocycles. The molecule has 20 aromatic rings. The number of aromatic hydroxyl groups is 8. The Balaban J connectivity index is 0.000000117. The summed E-state index contributed by atoms with van der Waals surface area (Å²) >= 11 is 0. The van der Waals surface area contributed by atoms with Gasteiger partial charge in [-0.3, -0.25) is 24.7 Å². The fourth-order valence-corrected chi connectivity index (χ4v) is 13.0. The lowest BCUT2D eigenvalue weighted by Gasteiger charge is -2.12. The number of aromatic nitrogens is 22. The zero-order chi connectivity index (χ0) is 88.2. The van der Waals surface area contributed by atoms with Gasteiger partial charge in [-0.15, -0.1) is 0 Å². The molecule has 0 unspecified atom stereocenters. The van der Waals surface area contributed by atoms with E-state index in [1.54, 1.807) is 73.3 Å². The molecule has 0 amide bonds. The van der Waals surface area contributed by atoms with Crippen LogP contribution in [0.25, 0.3) is 157 Å². The van der Waals surface area contributed by atoms with Gasteiger partial charge in [-0.05, 0) is 109 Å². The number of anilines is 5. The lowest BCUT2D eigenvalue weighted by Crippen LogP contribution is -2.23. The van der Waals surface area contributed by atoms with Crippen molar-refractivity contribution in [1.29, 1.82) is 0 Å². The SMILES string of the molecule is Nc1nc(N)c2nc(-c3ccc(O)c(O)c3)c(-c3ccc(O)c(O)c3)nc2n1.Nc1ncnc2nc(-c3cccc(O)c3)c(-c3cccc(O)c3)nc12.Nc1ncnc2nc(-c3ccccn3)c(-c3cccnc3)nc12.O=c1[nH]c(=O)c2nc(-c3ccccc3)c(-c3ccccc3)nc2[nH]1.Oc1ccc(CCNc2ncnc3ncc(-c4ccccc4)nc23)cc1O. The van der Waals surface area contributed by atoms with Gasteiger partial charge in [0.2, 0.25) is 5.95 Å². The molecule has 8 aromatic carbocycles. The average Bonchev–Trinajstić information content (AvgIpc) is 0.789. The van der Waals surface area contributed by atoms with E-state index < -0.39 is 11.2 Å². The smallest absolute Gasteiger partial charge is 0.327 e. The van der Waals surface area contributed by atoms with Crippen molar-refractivity contribution in [2.75, 3.05) is 34.8 Å². The number of phenolic OH excluding ortho intramolecular Hbond substituents is 8. The number of hydrogen-bond acceptors (Lipinski definition) is 35.